The first-order valence-corrected chi connectivity index (χ1v) is 9.31. The Morgan fingerprint density at radius 3 is 2.50 bits per heavy atom. The number of hydrogen-bond donors (Lipinski definition) is 0. The first-order chi connectivity index (χ1) is 12.6. The van der Waals surface area contributed by atoms with Crippen molar-refractivity contribution in [3.8, 4) is 0 Å². The Morgan fingerprint density at radius 1 is 1.00 bits per heavy atom. The van der Waals surface area contributed by atoms with E-state index in [1.165, 1.54) is 12.1 Å². The van der Waals surface area contributed by atoms with Crippen LogP contribution in [0.1, 0.15) is 11.3 Å². The van der Waals surface area contributed by atoms with Crippen LogP contribution in [0.5, 0.6) is 0 Å². The standard InChI is InChI=1S/C19H18BrF2N3O/c20-16-3-1-2-13(19(16)22)11-24-6-8-25(9-7-24)12-17-15-5-4-14(21)10-18(15)26-23-17/h1-5,10H,6-9,11-12H2. The van der Waals surface area contributed by atoms with E-state index in [1.807, 2.05) is 12.1 Å². The third kappa shape index (κ3) is 3.65. The molecular weight excluding hydrogens is 404 g/mol. The minimum absolute atomic E-state index is 0.184. The molecule has 2 aromatic carbocycles. The molecule has 0 N–H and O–H groups in total. The van der Waals surface area contributed by atoms with Crippen molar-refractivity contribution in [3.05, 3.63) is 63.8 Å². The molecule has 1 aliphatic rings. The number of nitrogens with zero attached hydrogens (tertiary/aromatic N) is 3. The topological polar surface area (TPSA) is 32.5 Å². The molecule has 7 heteroatoms. The number of rotatable bonds is 4. The van der Waals surface area contributed by atoms with Crippen LogP contribution in [0.2, 0.25) is 0 Å². The lowest BCUT2D eigenvalue weighted by atomic mass is 10.1. The van der Waals surface area contributed by atoms with Gasteiger partial charge in [-0.25, -0.2) is 8.78 Å². The Balaban J connectivity index is 1.37. The molecule has 2 heterocycles. The monoisotopic (exact) mass is 421 g/mol. The minimum Gasteiger partial charge on any atom is -0.356 e. The van der Waals surface area contributed by atoms with Gasteiger partial charge in [-0.2, -0.15) is 0 Å². The van der Waals surface area contributed by atoms with Crippen molar-refractivity contribution < 1.29 is 13.3 Å². The summed E-state index contributed by atoms with van der Waals surface area (Å²) in [6, 6.07) is 9.89. The number of halogens is 3. The average Bonchev–Trinajstić information content (AvgIpc) is 3.02. The van der Waals surface area contributed by atoms with Gasteiger partial charge >= 0.3 is 0 Å². The van der Waals surface area contributed by atoms with Crippen LogP contribution in [0.4, 0.5) is 8.78 Å². The Morgan fingerprint density at radius 2 is 1.73 bits per heavy atom. The van der Waals surface area contributed by atoms with Crippen LogP contribution in [-0.2, 0) is 13.1 Å². The van der Waals surface area contributed by atoms with Gasteiger partial charge in [0, 0.05) is 56.3 Å². The summed E-state index contributed by atoms with van der Waals surface area (Å²) >= 11 is 3.24. The van der Waals surface area contributed by atoms with Crippen molar-refractivity contribution in [2.45, 2.75) is 13.1 Å². The Bertz CT molecular complexity index is 922. The van der Waals surface area contributed by atoms with E-state index in [0.29, 0.717) is 28.7 Å². The lowest BCUT2D eigenvalue weighted by Gasteiger charge is -2.34. The molecule has 0 atom stereocenters. The van der Waals surface area contributed by atoms with Gasteiger partial charge in [0.05, 0.1) is 4.47 Å². The molecule has 4 nitrogen and oxygen atoms in total. The zero-order valence-electron chi connectivity index (χ0n) is 14.1. The van der Waals surface area contributed by atoms with E-state index in [4.69, 9.17) is 4.52 Å². The van der Waals surface area contributed by atoms with Crippen molar-refractivity contribution in [3.63, 3.8) is 0 Å². The van der Waals surface area contributed by atoms with Crippen molar-refractivity contribution in [2.24, 2.45) is 0 Å². The molecular formula is C19H18BrF2N3O. The largest absolute Gasteiger partial charge is 0.356 e. The first-order valence-electron chi connectivity index (χ1n) is 8.51. The van der Waals surface area contributed by atoms with Crippen molar-refractivity contribution in [2.75, 3.05) is 26.2 Å². The predicted octanol–water partition coefficient (Wildman–Crippen LogP) is 4.19. The second-order valence-corrected chi connectivity index (χ2v) is 7.39. The van der Waals surface area contributed by atoms with Crippen molar-refractivity contribution in [1.29, 1.82) is 0 Å². The lowest BCUT2D eigenvalue weighted by Crippen LogP contribution is -2.45. The third-order valence-corrected chi connectivity index (χ3v) is 5.39. The second-order valence-electron chi connectivity index (χ2n) is 6.53. The molecule has 0 unspecified atom stereocenters. The maximum absolute atomic E-state index is 14.1. The number of benzene rings is 2. The number of aromatic nitrogens is 1. The summed E-state index contributed by atoms with van der Waals surface area (Å²) in [5.41, 5.74) is 2.01. The lowest BCUT2D eigenvalue weighted by molar-refractivity contribution is 0.119. The SMILES string of the molecule is Fc1ccc2c(CN3CCN(Cc4cccc(Br)c4F)CC3)noc2c1. The number of fused-ring (bicyclic) bond motifs is 1. The van der Waals surface area contributed by atoms with E-state index in [-0.39, 0.29) is 11.6 Å². The van der Waals surface area contributed by atoms with Gasteiger partial charge < -0.3 is 4.52 Å². The van der Waals surface area contributed by atoms with Gasteiger partial charge in [-0.1, -0.05) is 17.3 Å². The van der Waals surface area contributed by atoms with Crippen LogP contribution in [0.3, 0.4) is 0 Å². The molecule has 1 fully saturated rings. The fourth-order valence-electron chi connectivity index (χ4n) is 3.31. The zero-order chi connectivity index (χ0) is 18.1. The van der Waals surface area contributed by atoms with Crippen LogP contribution in [0.15, 0.2) is 45.4 Å². The highest BCUT2D eigenvalue weighted by Gasteiger charge is 2.20. The molecule has 1 aliphatic heterocycles. The Kier molecular flexibility index (Phi) is 5.02. The molecule has 3 aromatic rings. The quantitative estimate of drug-likeness (QED) is 0.632. The number of hydrogen-bond acceptors (Lipinski definition) is 4. The summed E-state index contributed by atoms with van der Waals surface area (Å²) < 4.78 is 33.1. The molecule has 4 rings (SSSR count). The maximum atomic E-state index is 14.1. The van der Waals surface area contributed by atoms with E-state index >= 15 is 0 Å². The van der Waals surface area contributed by atoms with E-state index in [0.717, 1.165) is 37.3 Å². The summed E-state index contributed by atoms with van der Waals surface area (Å²) in [4.78, 5) is 4.53. The number of piperazine rings is 1. The average molecular weight is 422 g/mol. The molecule has 0 saturated carbocycles. The highest BCUT2D eigenvalue weighted by molar-refractivity contribution is 9.10. The van der Waals surface area contributed by atoms with Gasteiger partial charge in [0.1, 0.15) is 17.3 Å². The smallest absolute Gasteiger partial charge is 0.170 e. The van der Waals surface area contributed by atoms with Crippen LogP contribution < -0.4 is 0 Å². The van der Waals surface area contributed by atoms with Crippen LogP contribution in [0.25, 0.3) is 11.0 Å². The highest BCUT2D eigenvalue weighted by Crippen LogP contribution is 2.23. The summed E-state index contributed by atoms with van der Waals surface area (Å²) in [5.74, 6) is -0.509. The van der Waals surface area contributed by atoms with Gasteiger partial charge in [-0.3, -0.25) is 9.80 Å². The van der Waals surface area contributed by atoms with Gasteiger partial charge in [0.15, 0.2) is 5.58 Å². The fourth-order valence-corrected chi connectivity index (χ4v) is 3.71. The van der Waals surface area contributed by atoms with Crippen LogP contribution in [0, 0.1) is 11.6 Å². The molecule has 1 aromatic heterocycles. The first kappa shape index (κ1) is 17.6. The molecule has 26 heavy (non-hydrogen) atoms. The van der Waals surface area contributed by atoms with Crippen LogP contribution >= 0.6 is 15.9 Å². The molecule has 0 amide bonds. The zero-order valence-corrected chi connectivity index (χ0v) is 15.7. The Hall–Kier alpha value is -1.83. The molecule has 0 aliphatic carbocycles. The third-order valence-electron chi connectivity index (χ3n) is 4.77. The fraction of sp³-hybridized carbons (Fsp3) is 0.316. The highest BCUT2D eigenvalue weighted by atomic mass is 79.9. The summed E-state index contributed by atoms with van der Waals surface area (Å²) in [5, 5.41) is 4.94. The summed E-state index contributed by atoms with van der Waals surface area (Å²) in [6.07, 6.45) is 0. The van der Waals surface area contributed by atoms with E-state index in [2.05, 4.69) is 30.9 Å². The summed E-state index contributed by atoms with van der Waals surface area (Å²) in [6.45, 7) is 4.71. The van der Waals surface area contributed by atoms with Gasteiger partial charge in [-0.15, -0.1) is 0 Å². The maximum Gasteiger partial charge on any atom is 0.170 e. The molecule has 0 radical (unpaired) electrons. The van der Waals surface area contributed by atoms with E-state index < -0.39 is 0 Å². The van der Waals surface area contributed by atoms with Gasteiger partial charge in [0.2, 0.25) is 0 Å². The van der Waals surface area contributed by atoms with Crippen molar-refractivity contribution in [1.82, 2.24) is 15.0 Å². The van der Waals surface area contributed by atoms with Gasteiger partial charge in [-0.05, 0) is 34.1 Å². The predicted molar refractivity (Wildman–Crippen MR) is 98.6 cm³/mol. The second kappa shape index (κ2) is 7.42. The minimum atomic E-state index is -0.325. The molecule has 0 bridgehead atoms. The molecule has 136 valence electrons. The normalized spacial score (nSPS) is 16.4. The van der Waals surface area contributed by atoms with E-state index in [1.54, 1.807) is 12.1 Å². The molecule has 1 saturated heterocycles. The molecule has 0 spiro atoms. The summed E-state index contributed by atoms with van der Waals surface area (Å²) in [7, 11) is 0. The van der Waals surface area contributed by atoms with E-state index in [9.17, 15) is 8.78 Å². The van der Waals surface area contributed by atoms with Crippen molar-refractivity contribution >= 4 is 26.9 Å². The van der Waals surface area contributed by atoms with Gasteiger partial charge in [0.25, 0.3) is 0 Å². The van der Waals surface area contributed by atoms with Crippen LogP contribution in [-0.4, -0.2) is 41.1 Å². The Labute approximate surface area is 158 Å².